The largest absolute Gasteiger partial charge is 0.465 e. The summed E-state index contributed by atoms with van der Waals surface area (Å²) in [7, 11) is 0. The molecule has 0 aliphatic carbocycles. The lowest BCUT2D eigenvalue weighted by Gasteiger charge is -2.51. The summed E-state index contributed by atoms with van der Waals surface area (Å²) in [5.41, 5.74) is -0.584. The van der Waals surface area contributed by atoms with Gasteiger partial charge in [-0.3, -0.25) is 9.59 Å². The fourth-order valence-corrected chi connectivity index (χ4v) is 4.83. The van der Waals surface area contributed by atoms with Crippen LogP contribution in [0.25, 0.3) is 0 Å². The van der Waals surface area contributed by atoms with Crippen molar-refractivity contribution in [1.29, 1.82) is 0 Å². The van der Waals surface area contributed by atoms with E-state index >= 15 is 0 Å². The Morgan fingerprint density at radius 1 is 0.906 bits per heavy atom. The van der Waals surface area contributed by atoms with Crippen molar-refractivity contribution < 1.29 is 19.1 Å². The summed E-state index contributed by atoms with van der Waals surface area (Å²) in [6.07, 6.45) is 7.72. The van der Waals surface area contributed by atoms with E-state index in [4.69, 9.17) is 9.47 Å². The van der Waals surface area contributed by atoms with Crippen LogP contribution < -0.4 is 0 Å². The Labute approximate surface area is 199 Å². The minimum absolute atomic E-state index is 0.0947. The second kappa shape index (κ2) is 13.6. The quantitative estimate of drug-likeness (QED) is 0.222. The minimum atomic E-state index is -0.272. The molecule has 5 unspecified atom stereocenters. The van der Waals surface area contributed by atoms with E-state index in [1.807, 2.05) is 6.92 Å². The van der Waals surface area contributed by atoms with Crippen LogP contribution in [0.2, 0.25) is 0 Å². The van der Waals surface area contributed by atoms with E-state index in [-0.39, 0.29) is 40.2 Å². The molecule has 0 fully saturated rings. The summed E-state index contributed by atoms with van der Waals surface area (Å²) in [6, 6.07) is 0. The number of rotatable bonds is 16. The van der Waals surface area contributed by atoms with E-state index in [1.54, 1.807) is 0 Å². The molecule has 0 aliphatic heterocycles. The zero-order valence-electron chi connectivity index (χ0n) is 23.2. The van der Waals surface area contributed by atoms with Gasteiger partial charge in [-0.05, 0) is 42.4 Å². The first-order chi connectivity index (χ1) is 14.8. The highest BCUT2D eigenvalue weighted by Gasteiger charge is 2.51. The molecule has 0 spiro atoms. The topological polar surface area (TPSA) is 52.6 Å². The summed E-state index contributed by atoms with van der Waals surface area (Å²) in [4.78, 5) is 25.1. The molecule has 0 bridgehead atoms. The Morgan fingerprint density at radius 3 is 1.91 bits per heavy atom. The highest BCUT2D eigenvalue weighted by molar-refractivity contribution is 5.73. The van der Waals surface area contributed by atoms with Gasteiger partial charge in [-0.15, -0.1) is 0 Å². The maximum atomic E-state index is 13.2. The second-order valence-electron chi connectivity index (χ2n) is 11.1. The van der Waals surface area contributed by atoms with Gasteiger partial charge in [-0.2, -0.15) is 0 Å². The Kier molecular flexibility index (Phi) is 13.1. The lowest BCUT2D eigenvalue weighted by atomic mass is 9.54. The van der Waals surface area contributed by atoms with Gasteiger partial charge in [0.2, 0.25) is 0 Å². The fourth-order valence-electron chi connectivity index (χ4n) is 4.83. The van der Waals surface area contributed by atoms with Gasteiger partial charge in [0.1, 0.15) is 6.10 Å². The van der Waals surface area contributed by atoms with Gasteiger partial charge in [0.05, 0.1) is 12.5 Å². The molecular weight excluding hydrogens is 400 g/mol. The van der Waals surface area contributed by atoms with Crippen LogP contribution in [0.4, 0.5) is 0 Å². The molecule has 0 saturated carbocycles. The van der Waals surface area contributed by atoms with Crippen LogP contribution in [0, 0.1) is 28.1 Å². The number of carbonyl (C=O) groups excluding carboxylic acids is 2. The molecule has 0 heterocycles. The van der Waals surface area contributed by atoms with Crippen LogP contribution in [0.5, 0.6) is 0 Å². The lowest BCUT2D eigenvalue weighted by Crippen LogP contribution is -2.49. The van der Waals surface area contributed by atoms with Crippen molar-refractivity contribution in [2.24, 2.45) is 28.1 Å². The lowest BCUT2D eigenvalue weighted by molar-refractivity contribution is -0.167. The zero-order chi connectivity index (χ0) is 25.2. The molecule has 0 aromatic carbocycles. The molecule has 0 N–H and O–H groups in total. The third kappa shape index (κ3) is 8.06. The normalized spacial score (nSPS) is 18.7. The monoisotopic (exact) mass is 454 g/mol. The fraction of sp³-hybridized carbons (Fsp3) is 0.929. The van der Waals surface area contributed by atoms with Crippen LogP contribution in [-0.4, -0.2) is 24.6 Å². The Balaban J connectivity index is 5.73. The van der Waals surface area contributed by atoms with Crippen molar-refractivity contribution in [3.63, 3.8) is 0 Å². The van der Waals surface area contributed by atoms with Crippen molar-refractivity contribution in [3.05, 3.63) is 0 Å². The van der Waals surface area contributed by atoms with Gasteiger partial charge in [-0.25, -0.2) is 0 Å². The first-order valence-electron chi connectivity index (χ1n) is 13.1. The molecular formula is C28H54O4. The summed E-state index contributed by atoms with van der Waals surface area (Å²) >= 11 is 0. The third-order valence-corrected chi connectivity index (χ3v) is 8.93. The number of hydrogen-bond acceptors (Lipinski definition) is 4. The summed E-state index contributed by atoms with van der Waals surface area (Å²) in [5.74, 6) is -0.125. The van der Waals surface area contributed by atoms with Crippen LogP contribution in [0.15, 0.2) is 0 Å². The molecule has 0 radical (unpaired) electrons. The van der Waals surface area contributed by atoms with Crippen molar-refractivity contribution in [2.75, 3.05) is 6.61 Å². The van der Waals surface area contributed by atoms with Crippen molar-refractivity contribution in [3.8, 4) is 0 Å². The molecule has 0 amide bonds. The van der Waals surface area contributed by atoms with Gasteiger partial charge in [0, 0.05) is 12.3 Å². The first kappa shape index (κ1) is 30.9. The van der Waals surface area contributed by atoms with Crippen molar-refractivity contribution in [1.82, 2.24) is 0 Å². The van der Waals surface area contributed by atoms with E-state index in [0.717, 1.165) is 38.5 Å². The van der Waals surface area contributed by atoms with Crippen LogP contribution >= 0.6 is 0 Å². The van der Waals surface area contributed by atoms with E-state index < -0.39 is 0 Å². The van der Waals surface area contributed by atoms with Gasteiger partial charge in [0.15, 0.2) is 0 Å². The highest BCUT2D eigenvalue weighted by Crippen LogP contribution is 2.54. The predicted molar refractivity (Wildman–Crippen MR) is 134 cm³/mol. The molecule has 0 rings (SSSR count). The number of hydrogen-bond donors (Lipinski definition) is 0. The Bertz CT molecular complexity index is 570. The standard InChI is InChI=1S/C28H54O4/c1-12-17-18-23(13-2)20-31-25(30)21(6)28(11,16-5)27(10,15-4)19-24(32-22(7)29)26(8,9)14-3/h21,23-24H,12-20H2,1-11H3. The van der Waals surface area contributed by atoms with Gasteiger partial charge >= 0.3 is 11.9 Å². The average Bonchev–Trinajstić information content (AvgIpc) is 2.76. The number of ether oxygens (including phenoxy) is 2. The molecule has 0 saturated heterocycles. The Morgan fingerprint density at radius 2 is 1.50 bits per heavy atom. The molecule has 0 aromatic rings. The molecule has 5 atom stereocenters. The SMILES string of the molecule is CCCCC(CC)COC(=O)C(C)C(C)(CC)C(C)(CC)CC(OC(C)=O)C(C)(C)CC. The average molecular weight is 455 g/mol. The molecule has 0 aromatic heterocycles. The molecule has 32 heavy (non-hydrogen) atoms. The number of unbranched alkanes of at least 4 members (excludes halogenated alkanes) is 1. The molecule has 4 heteroatoms. The number of carbonyl (C=O) groups is 2. The summed E-state index contributed by atoms with van der Waals surface area (Å²) in [5, 5.41) is 0. The first-order valence-corrected chi connectivity index (χ1v) is 13.1. The van der Waals surface area contributed by atoms with Crippen molar-refractivity contribution in [2.45, 2.75) is 134 Å². The minimum Gasteiger partial charge on any atom is -0.465 e. The van der Waals surface area contributed by atoms with Gasteiger partial charge in [-0.1, -0.05) is 94.9 Å². The maximum absolute atomic E-state index is 13.2. The van der Waals surface area contributed by atoms with E-state index in [1.165, 1.54) is 19.8 Å². The second-order valence-corrected chi connectivity index (χ2v) is 11.1. The summed E-state index contributed by atoms with van der Waals surface area (Å²) in [6.45, 7) is 23.7. The van der Waals surface area contributed by atoms with Crippen LogP contribution in [-0.2, 0) is 19.1 Å². The summed E-state index contributed by atoms with van der Waals surface area (Å²) < 4.78 is 11.7. The van der Waals surface area contributed by atoms with Crippen LogP contribution in [0.1, 0.15) is 128 Å². The highest BCUT2D eigenvalue weighted by atomic mass is 16.5. The molecule has 4 nitrogen and oxygen atoms in total. The van der Waals surface area contributed by atoms with Crippen LogP contribution in [0.3, 0.4) is 0 Å². The maximum Gasteiger partial charge on any atom is 0.309 e. The van der Waals surface area contributed by atoms with Gasteiger partial charge < -0.3 is 9.47 Å². The van der Waals surface area contributed by atoms with Gasteiger partial charge in [0.25, 0.3) is 0 Å². The zero-order valence-corrected chi connectivity index (χ0v) is 23.2. The van der Waals surface area contributed by atoms with E-state index in [2.05, 4.69) is 62.3 Å². The van der Waals surface area contributed by atoms with E-state index in [0.29, 0.717) is 12.5 Å². The Hall–Kier alpha value is -1.06. The number of esters is 2. The predicted octanol–water partition coefficient (Wildman–Crippen LogP) is 7.97. The molecule has 190 valence electrons. The van der Waals surface area contributed by atoms with E-state index in [9.17, 15) is 9.59 Å². The molecule has 0 aliphatic rings. The smallest absolute Gasteiger partial charge is 0.309 e. The third-order valence-electron chi connectivity index (χ3n) is 8.93. The van der Waals surface area contributed by atoms with Crippen molar-refractivity contribution >= 4 is 11.9 Å².